The van der Waals surface area contributed by atoms with E-state index in [1.54, 1.807) is 36.7 Å². The molecule has 0 bridgehead atoms. The molecule has 0 aliphatic rings. The van der Waals surface area contributed by atoms with Crippen molar-refractivity contribution < 1.29 is 28.7 Å². The monoisotopic (exact) mass is 860 g/mol. The van der Waals surface area contributed by atoms with Crippen LogP contribution in [0.4, 0.5) is 0 Å². The van der Waals surface area contributed by atoms with Crippen molar-refractivity contribution in [1.29, 1.82) is 0 Å². The van der Waals surface area contributed by atoms with Gasteiger partial charge in [-0.25, -0.2) is 29.3 Å². The molecule has 1 amide bonds. The minimum absolute atomic E-state index is 0.0637. The number of aromatic nitrogens is 10. The Balaban J connectivity index is 1.29. The Hall–Kier alpha value is -6.54. The highest BCUT2D eigenvalue weighted by Gasteiger charge is 2.23. The lowest BCUT2D eigenvalue weighted by Crippen LogP contribution is -2.12. The molecule has 2 aromatic carbocycles. The van der Waals surface area contributed by atoms with Crippen LogP contribution in [0, 0.1) is 13.8 Å². The second-order valence-corrected chi connectivity index (χ2v) is 15.8. The molecule has 0 saturated heterocycles. The highest BCUT2D eigenvalue weighted by atomic mass is 32.2. The zero-order valence-corrected chi connectivity index (χ0v) is 35.7. The molecule has 322 valence electrons. The third-order valence-electron chi connectivity index (χ3n) is 10.5. The molecule has 8 rings (SSSR count). The molecule has 18 nitrogen and oxygen atoms in total. The van der Waals surface area contributed by atoms with E-state index >= 15 is 0 Å². The quantitative estimate of drug-likeness (QED) is 0.0677. The van der Waals surface area contributed by atoms with Gasteiger partial charge in [-0.2, -0.15) is 10.2 Å². The van der Waals surface area contributed by atoms with Crippen molar-refractivity contribution in [2.45, 2.75) is 71.6 Å². The van der Waals surface area contributed by atoms with Crippen LogP contribution in [-0.2, 0) is 37.2 Å². The maximum Gasteiger partial charge on any atom is 0.248 e. The van der Waals surface area contributed by atoms with Crippen LogP contribution in [0.3, 0.4) is 0 Å². The molecular weight excluding hydrogens is 813 g/mol. The van der Waals surface area contributed by atoms with E-state index < -0.39 is 16.9 Å². The SMILES string of the molecule is CCn1nc(C)cc1-c1ncc2c3cc(C(N)=O)cc(OCCCO)c3n(C/C=C/Cn3c4nc(-c5cc(C)nn5CC)ncc4c4cc(S(N)=O)cc(OCCCO)c43)c2n1. The summed E-state index contributed by atoms with van der Waals surface area (Å²) < 4.78 is 32.9. The third kappa shape index (κ3) is 7.90. The van der Waals surface area contributed by atoms with Gasteiger partial charge in [-0.3, -0.25) is 14.2 Å². The van der Waals surface area contributed by atoms with Gasteiger partial charge < -0.3 is 34.6 Å². The van der Waals surface area contributed by atoms with Gasteiger partial charge in [-0.15, -0.1) is 0 Å². The lowest BCUT2D eigenvalue weighted by molar-refractivity contribution is 0.1000. The second kappa shape index (κ2) is 17.8. The van der Waals surface area contributed by atoms with Gasteiger partial charge >= 0.3 is 0 Å². The lowest BCUT2D eigenvalue weighted by atomic mass is 10.1. The van der Waals surface area contributed by atoms with Crippen molar-refractivity contribution in [3.8, 4) is 34.5 Å². The molecule has 0 aliphatic heterocycles. The van der Waals surface area contributed by atoms with E-state index in [1.165, 1.54) is 0 Å². The summed E-state index contributed by atoms with van der Waals surface area (Å²) in [6, 6.07) is 10.7. The van der Waals surface area contributed by atoms with Crippen LogP contribution in [0.1, 0.15) is 48.4 Å². The Morgan fingerprint density at radius 3 is 1.66 bits per heavy atom. The Labute approximate surface area is 358 Å². The van der Waals surface area contributed by atoms with Gasteiger partial charge in [0, 0.05) is 91.7 Å². The molecule has 1 atom stereocenters. The number of carbonyl (C=O) groups excluding carboxylic acids is 1. The number of aryl methyl sites for hydroxylation is 4. The van der Waals surface area contributed by atoms with Gasteiger partial charge in [0.1, 0.15) is 45.2 Å². The molecule has 0 radical (unpaired) electrons. The fraction of sp³-hybridized carbons (Fsp3) is 0.326. The van der Waals surface area contributed by atoms with Crippen molar-refractivity contribution in [1.82, 2.24) is 48.6 Å². The van der Waals surface area contributed by atoms with E-state index in [-0.39, 0.29) is 32.0 Å². The standard InChI is InChI=1S/C43H48N12O6S/c1-5-54-33(17-25(3)50-54)40-46-23-31-29-19-27(39(44)58)20-35(60-15-9-13-56)37(29)52(42(31)48-40)11-7-8-12-53-38-30(21-28(62(45)59)22-36(38)61-16-10-14-57)32-24-47-41(49-43(32)53)34-18-26(4)51-55(34)6-2/h7-8,17-24,56-57H,5-6,9-16,45H2,1-4H3,(H2,44,58)/b8-7+. The molecule has 6 aromatic heterocycles. The molecular formula is C43H48N12O6S. The predicted molar refractivity (Wildman–Crippen MR) is 236 cm³/mol. The number of ether oxygens (including phenoxy) is 2. The van der Waals surface area contributed by atoms with Crippen molar-refractivity contribution in [2.75, 3.05) is 26.4 Å². The zero-order valence-electron chi connectivity index (χ0n) is 34.9. The summed E-state index contributed by atoms with van der Waals surface area (Å²) in [5.41, 5.74) is 11.9. The number of primary amides is 1. The molecule has 0 aliphatic carbocycles. The van der Waals surface area contributed by atoms with Crippen LogP contribution in [0.15, 0.2) is 65.8 Å². The van der Waals surface area contributed by atoms with Gasteiger partial charge in [-0.1, -0.05) is 12.2 Å². The largest absolute Gasteiger partial charge is 0.491 e. The number of benzene rings is 2. The number of nitrogens with zero attached hydrogens (tertiary/aromatic N) is 10. The summed E-state index contributed by atoms with van der Waals surface area (Å²) in [5, 5.41) is 37.1. The van der Waals surface area contributed by atoms with E-state index in [1.807, 2.05) is 70.5 Å². The third-order valence-corrected chi connectivity index (χ3v) is 11.2. The fourth-order valence-electron chi connectivity index (χ4n) is 7.77. The van der Waals surface area contributed by atoms with E-state index in [9.17, 15) is 19.2 Å². The Bertz CT molecular complexity index is 2840. The van der Waals surface area contributed by atoms with E-state index in [0.717, 1.165) is 22.8 Å². The predicted octanol–water partition coefficient (Wildman–Crippen LogP) is 4.73. The molecule has 62 heavy (non-hydrogen) atoms. The molecule has 19 heteroatoms. The Morgan fingerprint density at radius 1 is 0.726 bits per heavy atom. The normalized spacial score (nSPS) is 12.5. The number of hydrogen-bond donors (Lipinski definition) is 4. The van der Waals surface area contributed by atoms with Crippen LogP contribution < -0.4 is 20.3 Å². The molecule has 8 aromatic rings. The number of rotatable bonds is 18. The van der Waals surface area contributed by atoms with Gasteiger partial charge in [-0.05, 0) is 64.1 Å². The summed E-state index contributed by atoms with van der Waals surface area (Å²) in [7, 11) is -1.81. The lowest BCUT2D eigenvalue weighted by Gasteiger charge is -2.13. The van der Waals surface area contributed by atoms with Crippen molar-refractivity contribution in [3.05, 3.63) is 77.9 Å². The summed E-state index contributed by atoms with van der Waals surface area (Å²) in [5.74, 6) is 1.21. The first-order chi connectivity index (χ1) is 30.0. The second-order valence-electron chi connectivity index (χ2n) is 14.7. The van der Waals surface area contributed by atoms with Gasteiger partial charge in [0.05, 0.1) is 40.5 Å². The highest BCUT2D eigenvalue weighted by Crippen LogP contribution is 2.39. The van der Waals surface area contributed by atoms with Gasteiger partial charge in [0.2, 0.25) is 5.91 Å². The van der Waals surface area contributed by atoms with Crippen molar-refractivity contribution in [3.63, 3.8) is 0 Å². The maximum absolute atomic E-state index is 12.7. The van der Waals surface area contributed by atoms with Gasteiger partial charge in [0.15, 0.2) is 11.6 Å². The number of nitrogens with two attached hydrogens (primary N) is 2. The maximum atomic E-state index is 12.7. The van der Waals surface area contributed by atoms with Crippen LogP contribution in [0.25, 0.3) is 66.9 Å². The Kier molecular flexibility index (Phi) is 12.1. The number of fused-ring (bicyclic) bond motifs is 6. The van der Waals surface area contributed by atoms with Gasteiger partial charge in [0.25, 0.3) is 0 Å². The number of amides is 1. The van der Waals surface area contributed by atoms with Crippen molar-refractivity contribution >= 4 is 60.8 Å². The molecule has 1 unspecified atom stereocenters. The highest BCUT2D eigenvalue weighted by molar-refractivity contribution is 7.82. The topological polar surface area (TPSA) is 242 Å². The Morgan fingerprint density at radius 2 is 1.21 bits per heavy atom. The molecule has 6 N–H and O–H groups in total. The summed E-state index contributed by atoms with van der Waals surface area (Å²) in [4.78, 5) is 32.7. The van der Waals surface area contributed by atoms with Crippen LogP contribution in [0.2, 0.25) is 0 Å². The molecule has 0 saturated carbocycles. The molecule has 6 heterocycles. The summed E-state index contributed by atoms with van der Waals surface area (Å²) >= 11 is 0. The fourth-order valence-corrected chi connectivity index (χ4v) is 8.23. The van der Waals surface area contributed by atoms with E-state index in [4.69, 9.17) is 40.3 Å². The number of aliphatic hydroxyl groups is 2. The van der Waals surface area contributed by atoms with Crippen molar-refractivity contribution in [2.24, 2.45) is 10.9 Å². The minimum Gasteiger partial charge on any atom is -0.491 e. The zero-order chi connectivity index (χ0) is 43.7. The smallest absolute Gasteiger partial charge is 0.248 e. The van der Waals surface area contributed by atoms with E-state index in [2.05, 4.69) is 10.2 Å². The average Bonchev–Trinajstić information content (AvgIpc) is 4.02. The number of hydrogen-bond acceptors (Lipinski definition) is 12. The van der Waals surface area contributed by atoms with E-state index in [0.29, 0.717) is 111 Å². The number of aliphatic hydroxyl groups excluding tert-OH is 2. The number of allylic oxidation sites excluding steroid dienone is 2. The minimum atomic E-state index is -1.81. The number of carbonyl (C=O) groups is 1. The van der Waals surface area contributed by atoms with Crippen LogP contribution >= 0.6 is 0 Å². The average molecular weight is 861 g/mol. The van der Waals surface area contributed by atoms with Crippen LogP contribution in [0.5, 0.6) is 11.5 Å². The first kappa shape index (κ1) is 42.2. The summed E-state index contributed by atoms with van der Waals surface area (Å²) in [6.07, 6.45) is 8.28. The molecule has 0 fully saturated rings. The summed E-state index contributed by atoms with van der Waals surface area (Å²) in [6.45, 7) is 10.0. The molecule has 0 spiro atoms. The van der Waals surface area contributed by atoms with Crippen LogP contribution in [-0.4, -0.2) is 95.4 Å². The first-order valence-electron chi connectivity index (χ1n) is 20.4. The first-order valence-corrected chi connectivity index (χ1v) is 21.6.